The molecule has 0 spiro atoms. The lowest BCUT2D eigenvalue weighted by atomic mass is 9.76. The average Bonchev–Trinajstić information content (AvgIpc) is 2.37. The molecule has 0 aromatic carbocycles. The molecule has 0 radical (unpaired) electrons. The normalized spacial score (nSPS) is 40.3. The molecule has 1 heterocycles. The maximum Gasteiger partial charge on any atom is 0.0274 e. The lowest BCUT2D eigenvalue weighted by Gasteiger charge is -2.48. The topological polar surface area (TPSA) is 32.5 Å². The van der Waals surface area contributed by atoms with E-state index < -0.39 is 0 Å². The molecule has 0 amide bonds. The van der Waals surface area contributed by atoms with Gasteiger partial charge in [-0.3, -0.25) is 9.80 Å². The van der Waals surface area contributed by atoms with Crippen LogP contribution >= 0.6 is 0 Å². The van der Waals surface area contributed by atoms with Crippen LogP contribution in [0.5, 0.6) is 0 Å². The zero-order chi connectivity index (χ0) is 14.0. The van der Waals surface area contributed by atoms with Crippen LogP contribution < -0.4 is 5.73 Å². The molecular formula is C16H33N3. The van der Waals surface area contributed by atoms with Gasteiger partial charge in [0.1, 0.15) is 0 Å². The van der Waals surface area contributed by atoms with Crippen molar-refractivity contribution in [3.63, 3.8) is 0 Å². The van der Waals surface area contributed by atoms with E-state index in [9.17, 15) is 0 Å². The third-order valence-corrected chi connectivity index (χ3v) is 5.46. The number of hydrogen-bond acceptors (Lipinski definition) is 3. The van der Waals surface area contributed by atoms with E-state index in [2.05, 4.69) is 37.5 Å². The molecule has 1 aliphatic heterocycles. The van der Waals surface area contributed by atoms with Crippen molar-refractivity contribution in [3.05, 3.63) is 0 Å². The van der Waals surface area contributed by atoms with Crippen LogP contribution in [0.15, 0.2) is 0 Å². The van der Waals surface area contributed by atoms with Crippen LogP contribution in [0.1, 0.15) is 47.0 Å². The third-order valence-electron chi connectivity index (χ3n) is 5.46. The van der Waals surface area contributed by atoms with Crippen LogP contribution in [0.4, 0.5) is 0 Å². The predicted molar refractivity (Wildman–Crippen MR) is 82.2 cm³/mol. The molecule has 0 aromatic rings. The van der Waals surface area contributed by atoms with Gasteiger partial charge in [0.25, 0.3) is 0 Å². The molecular weight excluding hydrogens is 234 g/mol. The quantitative estimate of drug-likeness (QED) is 0.850. The molecule has 2 aliphatic rings. The zero-order valence-electron chi connectivity index (χ0n) is 13.3. The highest BCUT2D eigenvalue weighted by Gasteiger charge is 2.37. The number of piperazine rings is 1. The van der Waals surface area contributed by atoms with E-state index in [-0.39, 0.29) is 0 Å². The number of rotatable bonds is 3. The first kappa shape index (κ1) is 15.3. The van der Waals surface area contributed by atoms with Gasteiger partial charge >= 0.3 is 0 Å². The Morgan fingerprint density at radius 2 is 1.74 bits per heavy atom. The Hall–Kier alpha value is -0.120. The minimum Gasteiger partial charge on any atom is -0.326 e. The Morgan fingerprint density at radius 1 is 1.11 bits per heavy atom. The van der Waals surface area contributed by atoms with Crippen molar-refractivity contribution >= 4 is 0 Å². The average molecular weight is 267 g/mol. The first-order valence-corrected chi connectivity index (χ1v) is 8.26. The summed E-state index contributed by atoms with van der Waals surface area (Å²) in [6, 6.07) is 1.74. The molecule has 3 heteroatoms. The Labute approximate surface area is 119 Å². The molecule has 2 fully saturated rings. The fourth-order valence-electron chi connectivity index (χ4n) is 4.26. The minimum absolute atomic E-state index is 0.383. The van der Waals surface area contributed by atoms with Crippen LogP contribution in [-0.4, -0.2) is 54.1 Å². The zero-order valence-corrected chi connectivity index (χ0v) is 13.3. The van der Waals surface area contributed by atoms with Gasteiger partial charge in [0.15, 0.2) is 0 Å². The number of nitrogens with zero attached hydrogens (tertiary/aromatic N) is 2. The van der Waals surface area contributed by atoms with Crippen molar-refractivity contribution in [1.82, 2.24) is 9.80 Å². The highest BCUT2D eigenvalue weighted by atomic mass is 15.3. The molecule has 1 aliphatic carbocycles. The van der Waals surface area contributed by atoms with E-state index in [1.54, 1.807) is 0 Å². The first-order chi connectivity index (χ1) is 9.02. The van der Waals surface area contributed by atoms with Gasteiger partial charge in [-0.1, -0.05) is 20.8 Å². The van der Waals surface area contributed by atoms with Gasteiger partial charge in [-0.15, -0.1) is 0 Å². The molecule has 1 saturated carbocycles. The van der Waals surface area contributed by atoms with E-state index in [1.807, 2.05) is 0 Å². The van der Waals surface area contributed by atoms with Gasteiger partial charge in [0.05, 0.1) is 0 Å². The smallest absolute Gasteiger partial charge is 0.0274 e. The largest absolute Gasteiger partial charge is 0.326 e. The Bertz CT molecular complexity index is 261. The molecule has 1 saturated heterocycles. The molecule has 5 unspecified atom stereocenters. The van der Waals surface area contributed by atoms with Gasteiger partial charge in [-0.05, 0) is 38.0 Å². The van der Waals surface area contributed by atoms with Gasteiger partial charge < -0.3 is 5.73 Å². The van der Waals surface area contributed by atoms with E-state index in [0.29, 0.717) is 12.1 Å². The van der Waals surface area contributed by atoms with Gasteiger partial charge in [0.2, 0.25) is 0 Å². The van der Waals surface area contributed by atoms with Crippen molar-refractivity contribution in [2.45, 2.75) is 65.1 Å². The minimum atomic E-state index is 0.383. The second-order valence-electron chi connectivity index (χ2n) is 7.04. The fourth-order valence-corrected chi connectivity index (χ4v) is 4.26. The fraction of sp³-hybridized carbons (Fsp3) is 1.00. The van der Waals surface area contributed by atoms with Crippen LogP contribution in [0.2, 0.25) is 0 Å². The summed E-state index contributed by atoms with van der Waals surface area (Å²) in [7, 11) is 0. The Balaban J connectivity index is 1.90. The lowest BCUT2D eigenvalue weighted by molar-refractivity contribution is 0.0220. The molecule has 2 N–H and O–H groups in total. The van der Waals surface area contributed by atoms with E-state index in [0.717, 1.165) is 17.9 Å². The third kappa shape index (κ3) is 3.50. The van der Waals surface area contributed by atoms with Gasteiger partial charge in [-0.25, -0.2) is 0 Å². The maximum atomic E-state index is 6.46. The van der Waals surface area contributed by atoms with Crippen LogP contribution in [0.3, 0.4) is 0 Å². The highest BCUT2D eigenvalue weighted by Crippen LogP contribution is 2.32. The molecule has 5 atom stereocenters. The summed E-state index contributed by atoms with van der Waals surface area (Å²) in [4.78, 5) is 5.32. The molecule has 19 heavy (non-hydrogen) atoms. The summed E-state index contributed by atoms with van der Waals surface area (Å²) in [5, 5.41) is 0. The summed E-state index contributed by atoms with van der Waals surface area (Å²) in [5.41, 5.74) is 6.46. The lowest BCUT2D eigenvalue weighted by Crippen LogP contribution is -2.60. The van der Waals surface area contributed by atoms with Crippen LogP contribution in [0.25, 0.3) is 0 Å². The monoisotopic (exact) mass is 267 g/mol. The molecule has 0 aromatic heterocycles. The number of hydrogen-bond donors (Lipinski definition) is 1. The SMILES string of the molecule is CCC(C)N1CCN(C2C(C)CC(C)CC2N)CC1. The van der Waals surface area contributed by atoms with E-state index in [1.165, 1.54) is 45.4 Å². The second-order valence-corrected chi connectivity index (χ2v) is 7.04. The molecule has 2 rings (SSSR count). The summed E-state index contributed by atoms with van der Waals surface area (Å²) < 4.78 is 0. The van der Waals surface area contributed by atoms with Crippen molar-refractivity contribution in [1.29, 1.82) is 0 Å². The van der Waals surface area contributed by atoms with Crippen molar-refractivity contribution in [2.75, 3.05) is 26.2 Å². The summed E-state index contributed by atoms with van der Waals surface area (Å²) >= 11 is 0. The van der Waals surface area contributed by atoms with Crippen LogP contribution in [-0.2, 0) is 0 Å². The standard InChI is InChI=1S/C16H33N3/c1-5-14(4)18-6-8-19(9-7-18)16-13(3)10-12(2)11-15(16)17/h12-16H,5-11,17H2,1-4H3. The molecule has 0 bridgehead atoms. The second kappa shape index (κ2) is 6.55. The van der Waals surface area contributed by atoms with Crippen molar-refractivity contribution in [3.8, 4) is 0 Å². The first-order valence-electron chi connectivity index (χ1n) is 8.26. The van der Waals surface area contributed by atoms with E-state index >= 15 is 0 Å². The van der Waals surface area contributed by atoms with Crippen LogP contribution in [0, 0.1) is 11.8 Å². The van der Waals surface area contributed by atoms with Gasteiger partial charge in [-0.2, -0.15) is 0 Å². The predicted octanol–water partition coefficient (Wildman–Crippen LogP) is 2.16. The van der Waals surface area contributed by atoms with Gasteiger partial charge in [0, 0.05) is 44.3 Å². The summed E-state index contributed by atoms with van der Waals surface area (Å²) in [6.45, 7) is 14.3. The maximum absolute atomic E-state index is 6.46. The summed E-state index contributed by atoms with van der Waals surface area (Å²) in [5.74, 6) is 1.57. The molecule has 112 valence electrons. The van der Waals surface area contributed by atoms with E-state index in [4.69, 9.17) is 5.73 Å². The Morgan fingerprint density at radius 3 is 2.26 bits per heavy atom. The summed E-state index contributed by atoms with van der Waals surface area (Å²) in [6.07, 6.45) is 3.82. The van der Waals surface area contributed by atoms with Crippen molar-refractivity contribution in [2.24, 2.45) is 17.6 Å². The number of nitrogens with two attached hydrogens (primary N) is 1. The molecule has 3 nitrogen and oxygen atoms in total. The van der Waals surface area contributed by atoms with Crippen molar-refractivity contribution < 1.29 is 0 Å². The highest BCUT2D eigenvalue weighted by molar-refractivity contribution is 4.94. The Kier molecular flexibility index (Phi) is 5.27.